The Bertz CT molecular complexity index is 1240. The van der Waals surface area contributed by atoms with Gasteiger partial charge >= 0.3 is 0 Å². The van der Waals surface area contributed by atoms with E-state index in [4.69, 9.17) is 9.47 Å². The third-order valence-electron chi connectivity index (χ3n) is 7.26. The number of carbonyl (C=O) groups is 1. The number of carbonyl (C=O) groups excluding carboxylic acids is 1. The summed E-state index contributed by atoms with van der Waals surface area (Å²) >= 11 is 0. The first-order valence-electron chi connectivity index (χ1n) is 13.2. The molecule has 0 radical (unpaired) electrons. The summed E-state index contributed by atoms with van der Waals surface area (Å²) in [6.45, 7) is 3.37. The van der Waals surface area contributed by atoms with Crippen molar-refractivity contribution in [1.29, 1.82) is 0 Å². The third-order valence-corrected chi connectivity index (χ3v) is 7.26. The van der Waals surface area contributed by atoms with Crippen molar-refractivity contribution in [2.24, 2.45) is 0 Å². The molecule has 1 aliphatic rings. The smallest absolute Gasteiger partial charge is 0.241 e. The first kappa shape index (κ1) is 27.6. The van der Waals surface area contributed by atoms with Crippen LogP contribution in [-0.4, -0.2) is 38.1 Å². The summed E-state index contributed by atoms with van der Waals surface area (Å²) in [6.07, 6.45) is 3.77. The number of ether oxygens (including phenoxy) is 2. The van der Waals surface area contributed by atoms with Gasteiger partial charge in [-0.05, 0) is 72.2 Å². The summed E-state index contributed by atoms with van der Waals surface area (Å²) in [5, 5.41) is 3.14. The largest absolute Gasteiger partial charge is 0.493 e. The molecule has 1 N–H and O–H groups in total. The molecular formula is C31H36F2N2O3. The van der Waals surface area contributed by atoms with Crippen molar-refractivity contribution < 1.29 is 23.0 Å². The topological polar surface area (TPSA) is 50.8 Å². The Morgan fingerprint density at radius 3 is 2.45 bits per heavy atom. The van der Waals surface area contributed by atoms with Crippen molar-refractivity contribution in [3.63, 3.8) is 0 Å². The van der Waals surface area contributed by atoms with E-state index in [-0.39, 0.29) is 11.9 Å². The predicted molar refractivity (Wildman–Crippen MR) is 144 cm³/mol. The minimum Gasteiger partial charge on any atom is -0.493 e. The fraction of sp³-hybridized carbons (Fsp3) is 0.387. The molecule has 202 valence electrons. The highest BCUT2D eigenvalue weighted by Gasteiger charge is 2.37. The van der Waals surface area contributed by atoms with Gasteiger partial charge in [0.25, 0.3) is 0 Å². The number of hydrogen-bond acceptors (Lipinski definition) is 4. The first-order chi connectivity index (χ1) is 18.5. The van der Waals surface area contributed by atoms with E-state index in [1.165, 1.54) is 12.1 Å². The van der Waals surface area contributed by atoms with Crippen LogP contribution in [0.5, 0.6) is 11.5 Å². The summed E-state index contributed by atoms with van der Waals surface area (Å²) in [5.74, 6) is -0.465. The van der Waals surface area contributed by atoms with Gasteiger partial charge in [0.2, 0.25) is 5.91 Å². The van der Waals surface area contributed by atoms with Crippen LogP contribution < -0.4 is 14.8 Å². The van der Waals surface area contributed by atoms with E-state index in [0.29, 0.717) is 43.0 Å². The maximum Gasteiger partial charge on any atom is 0.241 e. The Balaban J connectivity index is 1.75. The summed E-state index contributed by atoms with van der Waals surface area (Å²) in [4.78, 5) is 15.9. The molecule has 7 heteroatoms. The van der Waals surface area contributed by atoms with Gasteiger partial charge in [-0.3, -0.25) is 9.69 Å². The SMILES string of the molecule is CCCCNC(=O)C(c1ccccc1)N1CCc2cc(OC)c(OC)cc2C1CCc1ccc(F)c(F)c1. The van der Waals surface area contributed by atoms with Crippen molar-refractivity contribution in [2.75, 3.05) is 27.3 Å². The molecule has 1 heterocycles. The Hall–Kier alpha value is -3.45. The van der Waals surface area contributed by atoms with Crippen LogP contribution in [0.2, 0.25) is 0 Å². The Morgan fingerprint density at radius 1 is 1.03 bits per heavy atom. The molecule has 0 saturated heterocycles. The van der Waals surface area contributed by atoms with Gasteiger partial charge in [-0.15, -0.1) is 0 Å². The molecule has 2 atom stereocenters. The molecule has 2 unspecified atom stereocenters. The van der Waals surface area contributed by atoms with Gasteiger partial charge in [0.15, 0.2) is 23.1 Å². The van der Waals surface area contributed by atoms with E-state index in [1.807, 2.05) is 42.5 Å². The van der Waals surface area contributed by atoms with Gasteiger partial charge in [0.1, 0.15) is 6.04 Å². The van der Waals surface area contributed by atoms with Crippen molar-refractivity contribution in [3.8, 4) is 11.5 Å². The number of fused-ring (bicyclic) bond motifs is 1. The highest BCUT2D eigenvalue weighted by Crippen LogP contribution is 2.43. The van der Waals surface area contributed by atoms with Crippen molar-refractivity contribution in [2.45, 2.75) is 51.1 Å². The van der Waals surface area contributed by atoms with Crippen LogP contribution in [0.25, 0.3) is 0 Å². The number of nitrogens with one attached hydrogen (secondary N) is 1. The molecule has 0 saturated carbocycles. The van der Waals surface area contributed by atoms with Crippen LogP contribution in [0.3, 0.4) is 0 Å². The number of hydrogen-bond donors (Lipinski definition) is 1. The molecule has 3 aromatic carbocycles. The van der Waals surface area contributed by atoms with Crippen LogP contribution in [0.4, 0.5) is 8.78 Å². The number of amides is 1. The summed E-state index contributed by atoms with van der Waals surface area (Å²) in [7, 11) is 3.22. The molecule has 0 aromatic heterocycles. The minimum atomic E-state index is -0.858. The van der Waals surface area contributed by atoms with Crippen molar-refractivity contribution >= 4 is 5.91 Å². The van der Waals surface area contributed by atoms with Crippen LogP contribution >= 0.6 is 0 Å². The molecule has 1 amide bonds. The van der Waals surface area contributed by atoms with Crippen molar-refractivity contribution in [1.82, 2.24) is 10.2 Å². The van der Waals surface area contributed by atoms with E-state index in [1.54, 1.807) is 20.3 Å². The lowest BCUT2D eigenvalue weighted by Gasteiger charge is -2.42. The molecule has 1 aliphatic heterocycles. The van der Waals surface area contributed by atoms with Gasteiger partial charge in [0, 0.05) is 19.1 Å². The lowest BCUT2D eigenvalue weighted by molar-refractivity contribution is -0.128. The van der Waals surface area contributed by atoms with Crippen LogP contribution in [0, 0.1) is 11.6 Å². The molecule has 38 heavy (non-hydrogen) atoms. The van der Waals surface area contributed by atoms with E-state index in [9.17, 15) is 13.6 Å². The zero-order chi connectivity index (χ0) is 27.1. The maximum atomic E-state index is 14.0. The van der Waals surface area contributed by atoms with Crippen LogP contribution in [0.15, 0.2) is 60.7 Å². The number of benzene rings is 3. The molecule has 0 bridgehead atoms. The number of nitrogens with zero attached hydrogens (tertiary/aromatic N) is 1. The molecule has 0 aliphatic carbocycles. The molecular weight excluding hydrogens is 486 g/mol. The lowest BCUT2D eigenvalue weighted by Crippen LogP contribution is -2.45. The summed E-state index contributed by atoms with van der Waals surface area (Å²) < 4.78 is 38.7. The second kappa shape index (κ2) is 12.9. The zero-order valence-electron chi connectivity index (χ0n) is 22.3. The van der Waals surface area contributed by atoms with E-state index in [2.05, 4.69) is 17.1 Å². The number of aryl methyl sites for hydroxylation is 1. The summed E-state index contributed by atoms with van der Waals surface area (Å²) in [6, 6.07) is 17.2. The van der Waals surface area contributed by atoms with Gasteiger partial charge in [-0.2, -0.15) is 0 Å². The average molecular weight is 523 g/mol. The fourth-order valence-corrected chi connectivity index (χ4v) is 5.29. The van der Waals surface area contributed by atoms with E-state index < -0.39 is 17.7 Å². The van der Waals surface area contributed by atoms with Crippen LogP contribution in [0.1, 0.15) is 60.5 Å². The van der Waals surface area contributed by atoms with Crippen molar-refractivity contribution in [3.05, 3.63) is 94.6 Å². The second-order valence-corrected chi connectivity index (χ2v) is 9.65. The normalized spacial score (nSPS) is 16.0. The van der Waals surface area contributed by atoms with E-state index >= 15 is 0 Å². The van der Waals surface area contributed by atoms with E-state index in [0.717, 1.165) is 36.0 Å². The Morgan fingerprint density at radius 2 is 1.76 bits per heavy atom. The van der Waals surface area contributed by atoms with Gasteiger partial charge < -0.3 is 14.8 Å². The third kappa shape index (κ3) is 6.16. The van der Waals surface area contributed by atoms with Gasteiger partial charge in [-0.1, -0.05) is 49.7 Å². The molecule has 5 nitrogen and oxygen atoms in total. The second-order valence-electron chi connectivity index (χ2n) is 9.65. The first-order valence-corrected chi connectivity index (χ1v) is 13.2. The lowest BCUT2D eigenvalue weighted by atomic mass is 9.86. The average Bonchev–Trinajstić information content (AvgIpc) is 2.94. The molecule has 3 aromatic rings. The Labute approximate surface area is 223 Å². The monoisotopic (exact) mass is 522 g/mol. The standard InChI is InChI=1S/C31H36F2N2O3/c1-4-5-16-34-31(36)30(22-9-7-6-8-10-22)35-17-15-23-19-28(37-2)29(38-3)20-24(23)27(35)14-12-21-11-13-25(32)26(33)18-21/h6-11,13,18-20,27,30H,4-5,12,14-17H2,1-3H3,(H,34,36). The zero-order valence-corrected chi connectivity index (χ0v) is 22.3. The maximum absolute atomic E-state index is 14.0. The Kier molecular flexibility index (Phi) is 9.34. The highest BCUT2D eigenvalue weighted by atomic mass is 19.2. The minimum absolute atomic E-state index is 0.0357. The number of rotatable bonds is 11. The summed E-state index contributed by atoms with van der Waals surface area (Å²) in [5.41, 5.74) is 3.81. The number of methoxy groups -OCH3 is 2. The van der Waals surface area contributed by atoms with Gasteiger partial charge in [0.05, 0.1) is 14.2 Å². The predicted octanol–water partition coefficient (Wildman–Crippen LogP) is 6.17. The van der Waals surface area contributed by atoms with Gasteiger partial charge in [-0.25, -0.2) is 8.78 Å². The quantitative estimate of drug-likeness (QED) is 0.306. The number of unbranched alkanes of at least 4 members (excludes halogenated alkanes) is 1. The number of halogens is 2. The molecule has 0 fully saturated rings. The van der Waals surface area contributed by atoms with Crippen LogP contribution in [-0.2, 0) is 17.6 Å². The fourth-order valence-electron chi connectivity index (χ4n) is 5.29. The molecule has 0 spiro atoms. The molecule has 4 rings (SSSR count). The highest BCUT2D eigenvalue weighted by molar-refractivity contribution is 5.83.